The van der Waals surface area contributed by atoms with E-state index in [2.05, 4.69) is 10.3 Å². The number of pyridine rings is 1. The van der Waals surface area contributed by atoms with E-state index >= 15 is 0 Å². The van der Waals surface area contributed by atoms with E-state index in [9.17, 15) is 13.2 Å². The van der Waals surface area contributed by atoms with Crippen molar-refractivity contribution >= 4 is 17.2 Å². The summed E-state index contributed by atoms with van der Waals surface area (Å²) in [6.45, 7) is 1.82. The summed E-state index contributed by atoms with van der Waals surface area (Å²) in [4.78, 5) is 3.22. The van der Waals surface area contributed by atoms with Crippen molar-refractivity contribution in [2.24, 2.45) is 0 Å². The number of hydrogen-bond donors (Lipinski definition) is 1. The fourth-order valence-electron chi connectivity index (χ4n) is 1.59. The van der Waals surface area contributed by atoms with Crippen LogP contribution in [-0.4, -0.2) is 11.0 Å². The first-order chi connectivity index (χ1) is 8.56. The molecule has 1 atom stereocenters. The van der Waals surface area contributed by atoms with Gasteiger partial charge >= 0.3 is 0 Å². The predicted octanol–water partition coefficient (Wildman–Crippen LogP) is 3.60. The Kier molecular flexibility index (Phi) is 3.86. The van der Waals surface area contributed by atoms with Crippen molar-refractivity contribution in [3.63, 3.8) is 0 Å². The van der Waals surface area contributed by atoms with Gasteiger partial charge in [-0.3, -0.25) is 0 Å². The van der Waals surface area contributed by atoms with Crippen molar-refractivity contribution < 1.29 is 13.2 Å². The molecule has 96 valence electrons. The minimum atomic E-state index is -1.30. The molecule has 0 radical (unpaired) electrons. The molecule has 0 bridgehead atoms. The molecule has 2 nitrogen and oxygen atoms in total. The highest BCUT2D eigenvalue weighted by atomic mass is 32.1. The summed E-state index contributed by atoms with van der Waals surface area (Å²) in [7, 11) is 0. The molecule has 2 rings (SSSR count). The van der Waals surface area contributed by atoms with E-state index in [-0.39, 0.29) is 11.9 Å². The number of anilines is 1. The second-order valence-corrected chi connectivity index (χ2v) is 4.75. The third kappa shape index (κ3) is 3.01. The van der Waals surface area contributed by atoms with Crippen LogP contribution >= 0.6 is 11.3 Å². The molecule has 18 heavy (non-hydrogen) atoms. The Bertz CT molecular complexity index is 528. The van der Waals surface area contributed by atoms with Crippen molar-refractivity contribution in [2.45, 2.75) is 19.4 Å². The van der Waals surface area contributed by atoms with E-state index in [4.69, 9.17) is 0 Å². The zero-order valence-corrected chi connectivity index (χ0v) is 10.4. The first-order valence-electron chi connectivity index (χ1n) is 5.35. The summed E-state index contributed by atoms with van der Waals surface area (Å²) >= 11 is 1.57. The van der Waals surface area contributed by atoms with Gasteiger partial charge in [-0.15, -0.1) is 0 Å². The summed E-state index contributed by atoms with van der Waals surface area (Å²) in [6, 6.07) is 2.31. The van der Waals surface area contributed by atoms with E-state index in [0.717, 1.165) is 5.56 Å². The largest absolute Gasteiger partial charge is 0.365 e. The molecule has 0 saturated heterocycles. The molecule has 0 spiro atoms. The molecule has 0 aromatic carbocycles. The lowest BCUT2D eigenvalue weighted by Gasteiger charge is -2.14. The average Bonchev–Trinajstić information content (AvgIpc) is 2.78. The molecule has 2 heterocycles. The number of thiophene rings is 1. The second-order valence-electron chi connectivity index (χ2n) is 3.97. The fourth-order valence-corrected chi connectivity index (χ4v) is 2.27. The van der Waals surface area contributed by atoms with Crippen LogP contribution in [-0.2, 0) is 6.42 Å². The van der Waals surface area contributed by atoms with Crippen molar-refractivity contribution in [1.29, 1.82) is 0 Å². The molecule has 0 amide bonds. The maximum atomic E-state index is 13.3. The third-order valence-corrected chi connectivity index (χ3v) is 3.12. The molecule has 2 aromatic rings. The summed E-state index contributed by atoms with van der Waals surface area (Å²) < 4.78 is 38.9. The van der Waals surface area contributed by atoms with Gasteiger partial charge in [-0.1, -0.05) is 0 Å². The minimum Gasteiger partial charge on any atom is -0.365 e. The topological polar surface area (TPSA) is 24.9 Å². The van der Waals surface area contributed by atoms with Gasteiger partial charge in [0.1, 0.15) is 0 Å². The molecule has 0 fully saturated rings. The molecule has 1 N–H and O–H groups in total. The lowest BCUT2D eigenvalue weighted by atomic mass is 10.1. The Labute approximate surface area is 106 Å². The van der Waals surface area contributed by atoms with Crippen molar-refractivity contribution in [3.05, 3.63) is 46.0 Å². The van der Waals surface area contributed by atoms with Crippen LogP contribution in [0.15, 0.2) is 22.9 Å². The minimum absolute atomic E-state index is 0.133. The van der Waals surface area contributed by atoms with Crippen LogP contribution in [0.25, 0.3) is 0 Å². The third-order valence-electron chi connectivity index (χ3n) is 2.39. The lowest BCUT2D eigenvalue weighted by Crippen LogP contribution is -2.20. The normalized spacial score (nSPS) is 12.4. The summed E-state index contributed by atoms with van der Waals surface area (Å²) in [5, 5.41) is 6.65. The highest BCUT2D eigenvalue weighted by Crippen LogP contribution is 2.17. The number of rotatable bonds is 4. The van der Waals surface area contributed by atoms with Crippen LogP contribution in [0.3, 0.4) is 0 Å². The number of hydrogen-bond acceptors (Lipinski definition) is 3. The van der Waals surface area contributed by atoms with Gasteiger partial charge in [0.2, 0.25) is 0 Å². The number of aromatic nitrogens is 1. The molecule has 0 aliphatic carbocycles. The second kappa shape index (κ2) is 5.39. The van der Waals surface area contributed by atoms with Crippen LogP contribution < -0.4 is 5.32 Å². The smallest absolute Gasteiger partial charge is 0.251 e. The lowest BCUT2D eigenvalue weighted by molar-refractivity contribution is 0.465. The van der Waals surface area contributed by atoms with E-state index < -0.39 is 17.6 Å². The Hall–Kier alpha value is -1.56. The highest BCUT2D eigenvalue weighted by molar-refractivity contribution is 7.07. The zero-order chi connectivity index (χ0) is 13.1. The van der Waals surface area contributed by atoms with E-state index in [0.29, 0.717) is 12.5 Å². The van der Waals surface area contributed by atoms with Gasteiger partial charge in [0.15, 0.2) is 17.5 Å². The maximum Gasteiger partial charge on any atom is 0.251 e. The van der Waals surface area contributed by atoms with Gasteiger partial charge in [0, 0.05) is 12.1 Å². The first-order valence-corrected chi connectivity index (χ1v) is 6.29. The van der Waals surface area contributed by atoms with Gasteiger partial charge in [-0.25, -0.2) is 8.78 Å². The van der Waals surface area contributed by atoms with Crippen molar-refractivity contribution in [3.8, 4) is 0 Å². The molecule has 1 unspecified atom stereocenters. The maximum absolute atomic E-state index is 13.3. The Morgan fingerprint density at radius 2 is 2.11 bits per heavy atom. The number of nitrogens with one attached hydrogen (secondary N) is 1. The van der Waals surface area contributed by atoms with Crippen molar-refractivity contribution in [2.75, 3.05) is 5.32 Å². The van der Waals surface area contributed by atoms with Gasteiger partial charge in [-0.05, 0) is 35.7 Å². The molecular formula is C12H11F3N2S. The summed E-state index contributed by atoms with van der Waals surface area (Å²) in [5.41, 5.74) is 1.10. The van der Waals surface area contributed by atoms with E-state index in [1.54, 1.807) is 11.3 Å². The van der Waals surface area contributed by atoms with E-state index in [1.807, 2.05) is 23.8 Å². The van der Waals surface area contributed by atoms with Crippen LogP contribution in [0.1, 0.15) is 12.5 Å². The zero-order valence-electron chi connectivity index (χ0n) is 9.58. The van der Waals surface area contributed by atoms with Crippen molar-refractivity contribution in [1.82, 2.24) is 4.98 Å². The summed E-state index contributed by atoms with van der Waals surface area (Å²) in [5.74, 6) is -3.76. The molecule has 0 aliphatic rings. The predicted molar refractivity (Wildman–Crippen MR) is 65.2 cm³/mol. The fraction of sp³-hybridized carbons (Fsp3) is 0.250. The first kappa shape index (κ1) is 12.9. The molecule has 6 heteroatoms. The van der Waals surface area contributed by atoms with Crippen LogP contribution in [0.4, 0.5) is 19.0 Å². The highest BCUT2D eigenvalue weighted by Gasteiger charge is 2.13. The van der Waals surface area contributed by atoms with Crippen LogP contribution in [0, 0.1) is 17.6 Å². The van der Waals surface area contributed by atoms with Gasteiger partial charge in [0.05, 0.1) is 0 Å². The summed E-state index contributed by atoms with van der Waals surface area (Å²) in [6.07, 6.45) is 0.656. The molecule has 0 aliphatic heterocycles. The van der Waals surface area contributed by atoms with Crippen LogP contribution in [0.5, 0.6) is 0 Å². The molecule has 2 aromatic heterocycles. The Morgan fingerprint density at radius 3 is 2.78 bits per heavy atom. The standard InChI is InChI=1S/C12H11F3N2S/c1-7(4-8-2-3-18-6-8)16-12-10(14)5-9(13)11(15)17-12/h2-3,5-7H,4H2,1H3,(H,16,17). The van der Waals surface area contributed by atoms with Gasteiger partial charge in [0.25, 0.3) is 5.95 Å². The van der Waals surface area contributed by atoms with Crippen LogP contribution in [0.2, 0.25) is 0 Å². The van der Waals surface area contributed by atoms with Gasteiger partial charge in [-0.2, -0.15) is 20.7 Å². The number of nitrogens with zero attached hydrogens (tertiary/aromatic N) is 1. The molecule has 0 saturated carbocycles. The van der Waals surface area contributed by atoms with E-state index in [1.165, 1.54) is 0 Å². The number of halogens is 3. The Balaban J connectivity index is 2.07. The Morgan fingerprint density at radius 1 is 1.33 bits per heavy atom. The SMILES string of the molecule is CC(Cc1ccsc1)Nc1nc(F)c(F)cc1F. The van der Waals surface area contributed by atoms with Gasteiger partial charge < -0.3 is 5.32 Å². The molecular weight excluding hydrogens is 261 g/mol. The quantitative estimate of drug-likeness (QED) is 0.860. The monoisotopic (exact) mass is 272 g/mol. The average molecular weight is 272 g/mol.